The summed E-state index contributed by atoms with van der Waals surface area (Å²) in [5.74, 6) is -1.46. The summed E-state index contributed by atoms with van der Waals surface area (Å²) in [6.07, 6.45) is 3.50. The quantitative estimate of drug-likeness (QED) is 0.529. The van der Waals surface area contributed by atoms with Crippen LogP contribution in [0.4, 0.5) is 0 Å². The van der Waals surface area contributed by atoms with Gasteiger partial charge in [0.25, 0.3) is 0 Å². The maximum absolute atomic E-state index is 9.37. The molecular weight excluding hydrogens is 232 g/mol. The zero-order valence-corrected chi connectivity index (χ0v) is 12.6. The highest BCUT2D eigenvalue weighted by Gasteiger charge is 2.27. The fraction of sp³-hybridized carbons (Fsp3) is 1.00. The van der Waals surface area contributed by atoms with Crippen LogP contribution in [-0.4, -0.2) is 39.4 Å². The van der Waals surface area contributed by atoms with E-state index in [0.717, 1.165) is 19.3 Å². The van der Waals surface area contributed by atoms with Gasteiger partial charge in [0, 0.05) is 11.3 Å². The highest BCUT2D eigenvalue weighted by atomic mass is 16.5. The summed E-state index contributed by atoms with van der Waals surface area (Å²) < 4.78 is 0. The molecule has 0 fully saturated rings. The molecule has 0 aliphatic rings. The molecule has 4 heteroatoms. The highest BCUT2D eigenvalue weighted by Crippen LogP contribution is 2.22. The maximum Gasteiger partial charge on any atom is 0.164 e. The largest absolute Gasteiger partial charge is 0.396 e. The summed E-state index contributed by atoms with van der Waals surface area (Å²) >= 11 is 0. The van der Waals surface area contributed by atoms with Crippen molar-refractivity contribution < 1.29 is 20.4 Å². The van der Waals surface area contributed by atoms with E-state index in [0.29, 0.717) is 6.42 Å². The van der Waals surface area contributed by atoms with Crippen molar-refractivity contribution in [3.63, 3.8) is 0 Å². The minimum Gasteiger partial charge on any atom is -0.396 e. The highest BCUT2D eigenvalue weighted by molar-refractivity contribution is 4.69. The Balaban J connectivity index is 0. The number of hydrogen-bond acceptors (Lipinski definition) is 4. The maximum atomic E-state index is 9.37. The lowest BCUT2D eigenvalue weighted by molar-refractivity contribution is -0.199. The van der Waals surface area contributed by atoms with Gasteiger partial charge in [-0.3, -0.25) is 0 Å². The fourth-order valence-corrected chi connectivity index (χ4v) is 1.14. The molecule has 4 nitrogen and oxygen atoms in total. The van der Waals surface area contributed by atoms with Crippen molar-refractivity contribution >= 4 is 0 Å². The summed E-state index contributed by atoms with van der Waals surface area (Å²) in [6.45, 7) is 9.48. The van der Waals surface area contributed by atoms with Crippen molar-refractivity contribution in [2.75, 3.05) is 13.2 Å². The van der Waals surface area contributed by atoms with Crippen molar-refractivity contribution in [3.05, 3.63) is 0 Å². The number of aliphatic hydroxyl groups is 4. The van der Waals surface area contributed by atoms with Crippen LogP contribution in [-0.2, 0) is 0 Å². The predicted octanol–water partition coefficient (Wildman–Crippen LogP) is 1.90. The summed E-state index contributed by atoms with van der Waals surface area (Å²) in [5.41, 5.74) is -0.306. The molecule has 0 radical (unpaired) electrons. The molecule has 18 heavy (non-hydrogen) atoms. The summed E-state index contributed by atoms with van der Waals surface area (Å²) in [6, 6.07) is 0. The SMILES string of the molecule is CC(C)(CO)CO.CCCCC(C)C(O)(O)CC. The van der Waals surface area contributed by atoms with Crippen molar-refractivity contribution in [1.82, 2.24) is 0 Å². The van der Waals surface area contributed by atoms with Gasteiger partial charge in [-0.15, -0.1) is 0 Å². The first-order chi connectivity index (χ1) is 8.16. The van der Waals surface area contributed by atoms with E-state index >= 15 is 0 Å². The summed E-state index contributed by atoms with van der Waals surface area (Å²) in [4.78, 5) is 0. The number of rotatable bonds is 7. The first-order valence-electron chi connectivity index (χ1n) is 6.83. The standard InChI is InChI=1S/C9H20O2.C5H12O2/c1-4-6-7-8(3)9(10,11)5-2;1-5(2,3-6)4-7/h8,10-11H,4-7H2,1-3H3;6-7H,3-4H2,1-2H3. The molecule has 0 saturated carbocycles. The molecule has 0 saturated heterocycles. The number of aliphatic hydroxyl groups excluding tert-OH is 2. The Kier molecular flexibility index (Phi) is 10.9. The third kappa shape index (κ3) is 9.83. The Bertz CT molecular complexity index is 184. The molecule has 0 amide bonds. The van der Waals surface area contributed by atoms with Gasteiger partial charge in [-0.05, 0) is 12.8 Å². The van der Waals surface area contributed by atoms with E-state index in [9.17, 15) is 10.2 Å². The Hall–Kier alpha value is -0.160. The van der Waals surface area contributed by atoms with Gasteiger partial charge in [0.2, 0.25) is 0 Å². The van der Waals surface area contributed by atoms with Gasteiger partial charge in [0.15, 0.2) is 5.79 Å². The topological polar surface area (TPSA) is 80.9 Å². The average molecular weight is 264 g/mol. The molecule has 0 aliphatic carbocycles. The van der Waals surface area contributed by atoms with Crippen LogP contribution < -0.4 is 0 Å². The zero-order chi connectivity index (χ0) is 14.8. The second-order valence-corrected chi connectivity index (χ2v) is 5.76. The van der Waals surface area contributed by atoms with E-state index in [-0.39, 0.29) is 24.5 Å². The molecule has 0 rings (SSSR count). The number of unbranched alkanes of at least 4 members (excludes halogenated alkanes) is 1. The van der Waals surface area contributed by atoms with E-state index in [1.54, 1.807) is 20.8 Å². The second-order valence-electron chi connectivity index (χ2n) is 5.76. The van der Waals surface area contributed by atoms with E-state index in [2.05, 4.69) is 6.92 Å². The van der Waals surface area contributed by atoms with Gasteiger partial charge >= 0.3 is 0 Å². The van der Waals surface area contributed by atoms with E-state index in [1.807, 2.05) is 6.92 Å². The zero-order valence-electron chi connectivity index (χ0n) is 12.6. The lowest BCUT2D eigenvalue weighted by Crippen LogP contribution is -2.35. The predicted molar refractivity (Wildman–Crippen MR) is 74.1 cm³/mol. The third-order valence-electron chi connectivity index (χ3n) is 3.16. The van der Waals surface area contributed by atoms with Crippen LogP contribution in [0.15, 0.2) is 0 Å². The van der Waals surface area contributed by atoms with Crippen LogP contribution >= 0.6 is 0 Å². The molecule has 0 aliphatic heterocycles. The molecule has 0 aromatic carbocycles. The molecule has 0 aromatic rings. The minimum atomic E-state index is -1.45. The monoisotopic (exact) mass is 264 g/mol. The lowest BCUT2D eigenvalue weighted by Gasteiger charge is -2.27. The van der Waals surface area contributed by atoms with Gasteiger partial charge in [-0.2, -0.15) is 0 Å². The molecule has 1 unspecified atom stereocenters. The van der Waals surface area contributed by atoms with Gasteiger partial charge in [-0.1, -0.05) is 47.5 Å². The van der Waals surface area contributed by atoms with E-state index in [4.69, 9.17) is 10.2 Å². The van der Waals surface area contributed by atoms with Crippen LogP contribution in [0.1, 0.15) is 60.3 Å². The molecule has 0 spiro atoms. The summed E-state index contributed by atoms with van der Waals surface area (Å²) in [7, 11) is 0. The Morgan fingerprint density at radius 1 is 1.00 bits per heavy atom. The van der Waals surface area contributed by atoms with Crippen LogP contribution in [0.2, 0.25) is 0 Å². The average Bonchev–Trinajstić information content (AvgIpc) is 2.36. The lowest BCUT2D eigenvalue weighted by atomic mass is 9.93. The van der Waals surface area contributed by atoms with E-state index < -0.39 is 5.79 Å². The van der Waals surface area contributed by atoms with Crippen LogP contribution in [0.3, 0.4) is 0 Å². The van der Waals surface area contributed by atoms with Gasteiger partial charge < -0.3 is 20.4 Å². The van der Waals surface area contributed by atoms with Gasteiger partial charge in [0.1, 0.15) is 0 Å². The molecule has 0 heterocycles. The normalized spacial score (nSPS) is 13.8. The van der Waals surface area contributed by atoms with Gasteiger partial charge in [-0.25, -0.2) is 0 Å². The minimum absolute atomic E-state index is 0.00699. The van der Waals surface area contributed by atoms with Crippen molar-refractivity contribution in [2.24, 2.45) is 11.3 Å². The molecule has 112 valence electrons. The van der Waals surface area contributed by atoms with Crippen molar-refractivity contribution in [3.8, 4) is 0 Å². The second kappa shape index (κ2) is 9.73. The van der Waals surface area contributed by atoms with Crippen molar-refractivity contribution in [2.45, 2.75) is 66.1 Å². The Morgan fingerprint density at radius 2 is 1.44 bits per heavy atom. The molecule has 4 N–H and O–H groups in total. The molecule has 1 atom stereocenters. The first-order valence-corrected chi connectivity index (χ1v) is 6.83. The Labute approximate surface area is 112 Å². The van der Waals surface area contributed by atoms with E-state index in [1.165, 1.54) is 0 Å². The van der Waals surface area contributed by atoms with Gasteiger partial charge in [0.05, 0.1) is 13.2 Å². The molecule has 0 bridgehead atoms. The van der Waals surface area contributed by atoms with Crippen LogP contribution in [0.25, 0.3) is 0 Å². The first kappa shape index (κ1) is 20.2. The summed E-state index contributed by atoms with van der Waals surface area (Å²) in [5, 5.41) is 35.6. The molecule has 0 aromatic heterocycles. The molecular formula is C14H32O4. The van der Waals surface area contributed by atoms with Crippen LogP contribution in [0, 0.1) is 11.3 Å². The number of hydrogen-bond donors (Lipinski definition) is 4. The smallest absolute Gasteiger partial charge is 0.164 e. The third-order valence-corrected chi connectivity index (χ3v) is 3.16. The fourth-order valence-electron chi connectivity index (χ4n) is 1.14. The Morgan fingerprint density at radius 3 is 1.67 bits per heavy atom. The van der Waals surface area contributed by atoms with Crippen LogP contribution in [0.5, 0.6) is 0 Å². The van der Waals surface area contributed by atoms with Crippen molar-refractivity contribution in [1.29, 1.82) is 0 Å².